The van der Waals surface area contributed by atoms with Crippen LogP contribution in [0.2, 0.25) is 0 Å². The van der Waals surface area contributed by atoms with Crippen LogP contribution in [0.5, 0.6) is 0 Å². The first-order valence-corrected chi connectivity index (χ1v) is 8.73. The average molecular weight is 347 g/mol. The van der Waals surface area contributed by atoms with E-state index in [1.165, 1.54) is 0 Å². The van der Waals surface area contributed by atoms with E-state index in [0.29, 0.717) is 15.3 Å². The Hall–Kier alpha value is -0.430. The highest BCUT2D eigenvalue weighted by Crippen LogP contribution is 2.32. The van der Waals surface area contributed by atoms with Crippen LogP contribution in [0.4, 0.5) is 0 Å². The van der Waals surface area contributed by atoms with Crippen LogP contribution in [0.3, 0.4) is 0 Å². The van der Waals surface area contributed by atoms with Gasteiger partial charge in [0.05, 0.1) is 4.90 Å². The van der Waals surface area contributed by atoms with Crippen LogP contribution >= 0.6 is 15.9 Å². The van der Waals surface area contributed by atoms with E-state index in [9.17, 15) is 8.42 Å². The Bertz CT molecular complexity index is 560. The smallest absolute Gasteiger partial charge is 0.241 e. The van der Waals surface area contributed by atoms with Crippen LogP contribution < -0.4 is 10.0 Å². The van der Waals surface area contributed by atoms with Crippen LogP contribution in [0, 0.1) is 5.92 Å². The van der Waals surface area contributed by atoms with Crippen molar-refractivity contribution in [1.29, 1.82) is 0 Å². The minimum atomic E-state index is -3.42. The molecule has 1 aliphatic carbocycles. The molecule has 0 bridgehead atoms. The van der Waals surface area contributed by atoms with Crippen molar-refractivity contribution in [3.05, 3.63) is 28.2 Å². The van der Waals surface area contributed by atoms with Crippen molar-refractivity contribution in [3.8, 4) is 0 Å². The fourth-order valence-corrected chi connectivity index (χ4v) is 4.37. The molecule has 1 aliphatic rings. The predicted octanol–water partition coefficient (Wildman–Crippen LogP) is 2.25. The summed E-state index contributed by atoms with van der Waals surface area (Å²) in [5.41, 5.74) is 1.06. The van der Waals surface area contributed by atoms with Crippen LogP contribution in [-0.2, 0) is 16.6 Å². The fraction of sp³-hybridized carbons (Fsp3) is 0.538. The molecular weight excluding hydrogens is 328 g/mol. The van der Waals surface area contributed by atoms with Gasteiger partial charge in [-0.3, -0.25) is 0 Å². The van der Waals surface area contributed by atoms with Crippen molar-refractivity contribution >= 4 is 26.0 Å². The van der Waals surface area contributed by atoms with E-state index in [2.05, 4.69) is 26.0 Å². The third-order valence-corrected chi connectivity index (χ3v) is 5.75. The molecule has 106 valence electrons. The predicted molar refractivity (Wildman–Crippen MR) is 79.4 cm³/mol. The van der Waals surface area contributed by atoms with E-state index in [1.54, 1.807) is 6.07 Å². The third-order valence-electron chi connectivity index (χ3n) is 3.28. The Morgan fingerprint density at radius 2 is 2.11 bits per heavy atom. The van der Waals surface area contributed by atoms with Crippen LogP contribution in [0.1, 0.15) is 25.8 Å². The van der Waals surface area contributed by atoms with Gasteiger partial charge in [0.15, 0.2) is 0 Å². The lowest BCUT2D eigenvalue weighted by molar-refractivity contribution is 0.577. The quantitative estimate of drug-likeness (QED) is 0.830. The maximum atomic E-state index is 12.2. The number of hydrogen-bond acceptors (Lipinski definition) is 3. The van der Waals surface area contributed by atoms with Crippen LogP contribution in [0.15, 0.2) is 27.6 Å². The summed E-state index contributed by atoms with van der Waals surface area (Å²) in [6, 6.07) is 5.45. The molecule has 0 heterocycles. The monoisotopic (exact) mass is 346 g/mol. The highest BCUT2D eigenvalue weighted by molar-refractivity contribution is 9.10. The molecule has 2 N–H and O–H groups in total. The SMILES string of the molecule is CCNCc1ccc(S(=O)(=O)NC2CC2C)c(Br)c1. The van der Waals surface area contributed by atoms with E-state index < -0.39 is 10.0 Å². The lowest BCUT2D eigenvalue weighted by Crippen LogP contribution is -2.27. The van der Waals surface area contributed by atoms with Crippen molar-refractivity contribution in [2.75, 3.05) is 6.54 Å². The van der Waals surface area contributed by atoms with Gasteiger partial charge >= 0.3 is 0 Å². The number of sulfonamides is 1. The Labute approximate surface area is 123 Å². The molecule has 1 aromatic rings. The first-order valence-electron chi connectivity index (χ1n) is 6.45. The van der Waals surface area contributed by atoms with E-state index >= 15 is 0 Å². The molecule has 4 nitrogen and oxygen atoms in total. The van der Waals surface area contributed by atoms with E-state index in [1.807, 2.05) is 26.0 Å². The second kappa shape index (κ2) is 5.91. The molecule has 2 atom stereocenters. The van der Waals surface area contributed by atoms with Gasteiger partial charge in [-0.2, -0.15) is 0 Å². The summed E-state index contributed by atoms with van der Waals surface area (Å²) >= 11 is 3.35. The minimum absolute atomic E-state index is 0.0957. The maximum absolute atomic E-state index is 12.2. The molecule has 0 radical (unpaired) electrons. The van der Waals surface area contributed by atoms with Crippen LogP contribution in [-0.4, -0.2) is 21.0 Å². The Kier molecular flexibility index (Phi) is 4.66. The van der Waals surface area contributed by atoms with Gasteiger partial charge in [0.2, 0.25) is 10.0 Å². The number of hydrogen-bond donors (Lipinski definition) is 2. The largest absolute Gasteiger partial charge is 0.313 e. The van der Waals surface area contributed by atoms with Gasteiger partial charge in [-0.1, -0.05) is 19.9 Å². The van der Waals surface area contributed by atoms with Gasteiger partial charge in [0.25, 0.3) is 0 Å². The summed E-state index contributed by atoms with van der Waals surface area (Å²) in [6.07, 6.45) is 0.926. The zero-order valence-corrected chi connectivity index (χ0v) is 13.5. The summed E-state index contributed by atoms with van der Waals surface area (Å²) in [5, 5.41) is 3.21. The Morgan fingerprint density at radius 3 is 2.63 bits per heavy atom. The summed E-state index contributed by atoms with van der Waals surface area (Å²) < 4.78 is 27.8. The van der Waals surface area contributed by atoms with Crippen molar-refractivity contribution in [1.82, 2.24) is 10.0 Å². The molecule has 2 unspecified atom stereocenters. The normalized spacial score (nSPS) is 22.5. The molecule has 0 aromatic heterocycles. The number of nitrogens with one attached hydrogen (secondary N) is 2. The molecule has 0 saturated heterocycles. The Morgan fingerprint density at radius 1 is 1.42 bits per heavy atom. The molecule has 19 heavy (non-hydrogen) atoms. The number of benzene rings is 1. The molecule has 0 amide bonds. The molecule has 1 fully saturated rings. The summed E-state index contributed by atoms with van der Waals surface area (Å²) in [7, 11) is -3.42. The molecule has 1 saturated carbocycles. The summed E-state index contributed by atoms with van der Waals surface area (Å²) in [4.78, 5) is 0.312. The van der Waals surface area contributed by atoms with Gasteiger partial charge in [-0.05, 0) is 52.5 Å². The van der Waals surface area contributed by atoms with Crippen molar-refractivity contribution in [2.45, 2.75) is 37.8 Å². The van der Waals surface area contributed by atoms with Crippen molar-refractivity contribution < 1.29 is 8.42 Å². The lowest BCUT2D eigenvalue weighted by Gasteiger charge is -2.10. The van der Waals surface area contributed by atoms with Gasteiger partial charge in [-0.25, -0.2) is 13.1 Å². The third kappa shape index (κ3) is 3.78. The minimum Gasteiger partial charge on any atom is -0.313 e. The Balaban J connectivity index is 2.15. The molecule has 0 spiro atoms. The number of halogens is 1. The van der Waals surface area contributed by atoms with Gasteiger partial charge < -0.3 is 5.32 Å². The first kappa shape index (κ1) is 15.0. The van der Waals surface area contributed by atoms with Crippen molar-refractivity contribution in [2.24, 2.45) is 5.92 Å². The van der Waals surface area contributed by atoms with Gasteiger partial charge in [0.1, 0.15) is 0 Å². The second-order valence-electron chi connectivity index (χ2n) is 4.99. The maximum Gasteiger partial charge on any atom is 0.241 e. The molecule has 2 rings (SSSR count). The van der Waals surface area contributed by atoms with E-state index in [4.69, 9.17) is 0 Å². The zero-order chi connectivity index (χ0) is 14.0. The topological polar surface area (TPSA) is 58.2 Å². The highest BCUT2D eigenvalue weighted by atomic mass is 79.9. The second-order valence-corrected chi connectivity index (χ2v) is 7.52. The highest BCUT2D eigenvalue weighted by Gasteiger charge is 2.36. The average Bonchev–Trinajstić information content (AvgIpc) is 3.01. The fourth-order valence-electron chi connectivity index (χ4n) is 1.89. The van der Waals surface area contributed by atoms with Crippen molar-refractivity contribution in [3.63, 3.8) is 0 Å². The van der Waals surface area contributed by atoms with Gasteiger partial charge in [0, 0.05) is 17.1 Å². The zero-order valence-electron chi connectivity index (χ0n) is 11.1. The standard InChI is InChI=1S/C13H19BrN2O2S/c1-3-15-8-10-4-5-13(11(14)7-10)19(17,18)16-12-6-9(12)2/h4-5,7,9,12,15-16H,3,6,8H2,1-2H3. The summed E-state index contributed by atoms with van der Waals surface area (Å²) in [6.45, 7) is 5.71. The molecular formula is C13H19BrN2O2S. The van der Waals surface area contributed by atoms with Gasteiger partial charge in [-0.15, -0.1) is 0 Å². The van der Waals surface area contributed by atoms with E-state index in [0.717, 1.165) is 25.1 Å². The molecule has 6 heteroatoms. The van der Waals surface area contributed by atoms with E-state index in [-0.39, 0.29) is 6.04 Å². The first-order chi connectivity index (χ1) is 8.94. The van der Waals surface area contributed by atoms with Crippen LogP contribution in [0.25, 0.3) is 0 Å². The number of rotatable bonds is 6. The molecule has 0 aliphatic heterocycles. The summed E-state index contributed by atoms with van der Waals surface area (Å²) in [5.74, 6) is 0.446. The molecule has 1 aromatic carbocycles. The lowest BCUT2D eigenvalue weighted by atomic mass is 10.2.